The highest BCUT2D eigenvalue weighted by atomic mass is 32.2. The Hall–Kier alpha value is -2.28. The Balaban J connectivity index is 1.68. The molecular formula is C19H21N3O2S. The summed E-state index contributed by atoms with van der Waals surface area (Å²) in [5.74, 6) is 0. The lowest BCUT2D eigenvalue weighted by Gasteiger charge is -2.23. The lowest BCUT2D eigenvalue weighted by molar-refractivity contribution is 0.263. The van der Waals surface area contributed by atoms with Crippen LogP contribution in [-0.4, -0.2) is 32.7 Å². The van der Waals surface area contributed by atoms with Crippen LogP contribution in [0.3, 0.4) is 0 Å². The van der Waals surface area contributed by atoms with Gasteiger partial charge in [0.05, 0.1) is 10.6 Å². The summed E-state index contributed by atoms with van der Waals surface area (Å²) >= 11 is 0. The van der Waals surface area contributed by atoms with Gasteiger partial charge in [-0.15, -0.1) is 4.83 Å². The van der Waals surface area contributed by atoms with E-state index in [1.165, 1.54) is 5.56 Å². The number of nitrogens with one attached hydrogen (secondary N) is 1. The second-order valence-corrected chi connectivity index (χ2v) is 7.62. The number of sulfonamides is 1. The first-order valence-electron chi connectivity index (χ1n) is 8.16. The fourth-order valence-electron chi connectivity index (χ4n) is 2.46. The Kier molecular flexibility index (Phi) is 5.43. The third-order valence-electron chi connectivity index (χ3n) is 3.89. The maximum Gasteiger partial charge on any atom is 0.253 e. The molecule has 0 unspecified atom stereocenters. The average molecular weight is 355 g/mol. The molecule has 1 N–H and O–H groups in total. The Morgan fingerprint density at radius 3 is 2.40 bits per heavy atom. The number of hydrogen-bond acceptors (Lipinski definition) is 4. The number of aliphatic imine (C=N–C) groups is 1. The van der Waals surface area contributed by atoms with Crippen LogP contribution in [0.4, 0.5) is 5.69 Å². The molecule has 0 saturated carbocycles. The van der Waals surface area contributed by atoms with Crippen LogP contribution in [0.15, 0.2) is 70.6 Å². The van der Waals surface area contributed by atoms with E-state index in [0.717, 1.165) is 12.0 Å². The molecule has 0 spiro atoms. The van der Waals surface area contributed by atoms with Gasteiger partial charge in [0.1, 0.15) is 0 Å². The number of benzene rings is 2. The molecular weight excluding hydrogens is 334 g/mol. The van der Waals surface area contributed by atoms with Gasteiger partial charge in [-0.2, -0.15) is 0 Å². The Bertz CT molecular complexity index is 870. The van der Waals surface area contributed by atoms with Crippen molar-refractivity contribution in [3.63, 3.8) is 0 Å². The minimum absolute atomic E-state index is 0.233. The number of hydrogen-bond donors (Lipinski definition) is 1. The highest BCUT2D eigenvalue weighted by Gasteiger charge is 2.18. The third-order valence-corrected chi connectivity index (χ3v) is 5.29. The molecule has 2 aromatic carbocycles. The molecule has 0 bridgehead atoms. The van der Waals surface area contributed by atoms with Crippen LogP contribution in [0.1, 0.15) is 17.5 Å². The van der Waals surface area contributed by atoms with E-state index in [-0.39, 0.29) is 4.90 Å². The van der Waals surface area contributed by atoms with Gasteiger partial charge < -0.3 is 0 Å². The summed E-state index contributed by atoms with van der Waals surface area (Å²) in [5, 5.41) is 1.69. The maximum atomic E-state index is 12.4. The van der Waals surface area contributed by atoms with Crippen LogP contribution in [0.5, 0.6) is 0 Å². The number of nitrogens with zero attached hydrogens (tertiary/aromatic N) is 2. The predicted molar refractivity (Wildman–Crippen MR) is 101 cm³/mol. The van der Waals surface area contributed by atoms with Gasteiger partial charge in [-0.25, -0.2) is 13.4 Å². The van der Waals surface area contributed by atoms with E-state index < -0.39 is 10.0 Å². The van der Waals surface area contributed by atoms with Crippen LogP contribution in [0.2, 0.25) is 0 Å². The predicted octanol–water partition coefficient (Wildman–Crippen LogP) is 3.20. The molecule has 0 amide bonds. The van der Waals surface area contributed by atoms with E-state index in [1.54, 1.807) is 35.5 Å². The van der Waals surface area contributed by atoms with Crippen molar-refractivity contribution >= 4 is 21.9 Å². The summed E-state index contributed by atoms with van der Waals surface area (Å²) in [6, 6.07) is 14.6. The first kappa shape index (κ1) is 17.5. The van der Waals surface area contributed by atoms with Gasteiger partial charge >= 0.3 is 0 Å². The summed E-state index contributed by atoms with van der Waals surface area (Å²) in [4.78, 5) is 7.23. The van der Waals surface area contributed by atoms with Crippen molar-refractivity contribution in [2.45, 2.75) is 18.2 Å². The monoisotopic (exact) mass is 355 g/mol. The van der Waals surface area contributed by atoms with Gasteiger partial charge in [-0.3, -0.25) is 4.99 Å². The molecule has 0 fully saturated rings. The molecule has 1 aliphatic rings. The fourth-order valence-corrected chi connectivity index (χ4v) is 3.57. The molecule has 0 aromatic heterocycles. The third kappa shape index (κ3) is 4.85. The topological polar surface area (TPSA) is 61.8 Å². The highest BCUT2D eigenvalue weighted by molar-refractivity contribution is 7.89. The maximum absolute atomic E-state index is 12.4. The molecule has 1 heterocycles. The summed E-state index contributed by atoms with van der Waals surface area (Å²) < 4.78 is 24.8. The molecule has 130 valence electrons. The first-order valence-corrected chi connectivity index (χ1v) is 9.64. The number of aryl methyl sites for hydroxylation is 1. The Morgan fingerprint density at radius 2 is 1.76 bits per heavy atom. The van der Waals surface area contributed by atoms with Crippen LogP contribution in [-0.2, 0) is 10.0 Å². The average Bonchev–Trinajstić information content (AvgIpc) is 2.62. The molecule has 0 atom stereocenters. The molecule has 6 heteroatoms. The van der Waals surface area contributed by atoms with Crippen molar-refractivity contribution in [3.8, 4) is 0 Å². The van der Waals surface area contributed by atoms with Crippen molar-refractivity contribution in [2.24, 2.45) is 4.99 Å². The first-order chi connectivity index (χ1) is 12.0. The Labute approximate surface area is 148 Å². The lowest BCUT2D eigenvalue weighted by Crippen LogP contribution is -2.43. The molecule has 0 radical (unpaired) electrons. The zero-order chi connectivity index (χ0) is 17.7. The van der Waals surface area contributed by atoms with Crippen molar-refractivity contribution in [3.05, 3.63) is 71.8 Å². The van der Waals surface area contributed by atoms with Gasteiger partial charge in [0.15, 0.2) is 0 Å². The summed E-state index contributed by atoms with van der Waals surface area (Å²) in [6.45, 7) is 3.29. The van der Waals surface area contributed by atoms with Crippen LogP contribution < -0.4 is 4.83 Å². The quantitative estimate of drug-likeness (QED) is 0.662. The second kappa shape index (κ2) is 7.74. The molecule has 0 aliphatic carbocycles. The fraction of sp³-hybridized carbons (Fsp3) is 0.211. The van der Waals surface area contributed by atoms with E-state index in [9.17, 15) is 8.42 Å². The largest absolute Gasteiger partial charge is 0.256 e. The molecule has 3 rings (SSSR count). The summed E-state index contributed by atoms with van der Waals surface area (Å²) in [7, 11) is -3.56. The molecule has 25 heavy (non-hydrogen) atoms. The minimum Gasteiger partial charge on any atom is -0.256 e. The zero-order valence-electron chi connectivity index (χ0n) is 14.1. The van der Waals surface area contributed by atoms with Crippen molar-refractivity contribution in [2.75, 3.05) is 13.1 Å². The van der Waals surface area contributed by atoms with Crippen LogP contribution >= 0.6 is 0 Å². The number of rotatable bonds is 5. The SMILES string of the molecule is Cc1ccc(C=Nc2ccc(S(=O)(=O)NN3CC=CCC3)cc2)cc1. The van der Waals surface area contributed by atoms with Gasteiger partial charge in [0.25, 0.3) is 10.0 Å². The highest BCUT2D eigenvalue weighted by Crippen LogP contribution is 2.17. The second-order valence-electron chi connectivity index (χ2n) is 5.96. The zero-order valence-corrected chi connectivity index (χ0v) is 14.9. The Morgan fingerprint density at radius 1 is 1.04 bits per heavy atom. The normalized spacial score (nSPS) is 15.7. The minimum atomic E-state index is -3.56. The molecule has 1 aliphatic heterocycles. The molecule has 5 nitrogen and oxygen atoms in total. The van der Waals surface area contributed by atoms with Gasteiger partial charge in [-0.05, 0) is 43.2 Å². The number of hydrazine groups is 1. The lowest BCUT2D eigenvalue weighted by atomic mass is 10.2. The van der Waals surface area contributed by atoms with E-state index in [4.69, 9.17) is 0 Å². The molecule has 2 aromatic rings. The van der Waals surface area contributed by atoms with E-state index >= 15 is 0 Å². The van der Waals surface area contributed by atoms with E-state index in [1.807, 2.05) is 43.3 Å². The smallest absolute Gasteiger partial charge is 0.253 e. The van der Waals surface area contributed by atoms with Crippen molar-refractivity contribution < 1.29 is 8.42 Å². The molecule has 0 saturated heterocycles. The van der Waals surface area contributed by atoms with Crippen LogP contribution in [0.25, 0.3) is 0 Å². The van der Waals surface area contributed by atoms with Crippen molar-refractivity contribution in [1.29, 1.82) is 0 Å². The van der Waals surface area contributed by atoms with Gasteiger partial charge in [0, 0.05) is 19.3 Å². The summed E-state index contributed by atoms with van der Waals surface area (Å²) in [6.07, 6.45) is 6.61. The summed E-state index contributed by atoms with van der Waals surface area (Å²) in [5.41, 5.74) is 2.91. The van der Waals surface area contributed by atoms with Gasteiger partial charge in [0.2, 0.25) is 0 Å². The standard InChI is InChI=1S/C19H21N3O2S/c1-16-5-7-17(8-6-16)15-20-18-9-11-19(12-10-18)25(23,24)21-22-13-3-2-4-14-22/h2-3,5-12,15,21H,4,13-14H2,1H3. The van der Waals surface area contributed by atoms with E-state index in [2.05, 4.69) is 9.82 Å². The van der Waals surface area contributed by atoms with Crippen molar-refractivity contribution in [1.82, 2.24) is 9.84 Å². The van der Waals surface area contributed by atoms with Crippen LogP contribution in [0, 0.1) is 6.92 Å². The van der Waals surface area contributed by atoms with Gasteiger partial charge in [-0.1, -0.05) is 42.0 Å². The van der Waals surface area contributed by atoms with E-state index in [0.29, 0.717) is 18.8 Å².